The summed E-state index contributed by atoms with van der Waals surface area (Å²) in [6, 6.07) is 13.2. The Kier molecular flexibility index (Phi) is 4.90. The van der Waals surface area contributed by atoms with Crippen LogP contribution in [0.15, 0.2) is 36.4 Å². The summed E-state index contributed by atoms with van der Waals surface area (Å²) in [5.41, 5.74) is 2.91. The maximum atomic E-state index is 6.04. The average molecular weight is 308 g/mol. The fraction of sp³-hybridized carbons (Fsp3) is 0.412. The van der Waals surface area contributed by atoms with Crippen molar-refractivity contribution >= 4 is 22.9 Å². The fourth-order valence-corrected chi connectivity index (χ4v) is 3.49. The Hall–Kier alpha value is -0.830. The molecule has 1 aromatic heterocycles. The Labute approximate surface area is 131 Å². The number of benzene rings is 1. The third kappa shape index (κ3) is 3.25. The topological polar surface area (TPSA) is 12.0 Å². The van der Waals surface area contributed by atoms with Crippen LogP contribution in [0.3, 0.4) is 0 Å². The van der Waals surface area contributed by atoms with Gasteiger partial charge >= 0.3 is 0 Å². The molecule has 1 heterocycles. The van der Waals surface area contributed by atoms with Crippen molar-refractivity contribution in [2.75, 3.05) is 7.05 Å². The van der Waals surface area contributed by atoms with Crippen molar-refractivity contribution < 1.29 is 0 Å². The summed E-state index contributed by atoms with van der Waals surface area (Å²) in [5, 5.41) is 3.37. The number of hydrogen-bond donors (Lipinski definition) is 1. The molecule has 0 radical (unpaired) electrons. The zero-order valence-electron chi connectivity index (χ0n) is 12.5. The highest BCUT2D eigenvalue weighted by atomic mass is 35.5. The third-order valence-electron chi connectivity index (χ3n) is 4.08. The van der Waals surface area contributed by atoms with E-state index in [0.29, 0.717) is 0 Å². The molecular weight excluding hydrogens is 286 g/mol. The van der Waals surface area contributed by atoms with Crippen LogP contribution in [0.4, 0.5) is 0 Å². The largest absolute Gasteiger partial charge is 0.309 e. The molecular formula is C17H22ClNS. The predicted octanol–water partition coefficient (Wildman–Crippen LogP) is 5.40. The van der Waals surface area contributed by atoms with Crippen LogP contribution >= 0.6 is 22.9 Å². The van der Waals surface area contributed by atoms with Crippen LogP contribution in [0, 0.1) is 0 Å². The van der Waals surface area contributed by atoms with Crippen molar-refractivity contribution in [2.24, 2.45) is 0 Å². The van der Waals surface area contributed by atoms with E-state index in [2.05, 4.69) is 56.4 Å². The van der Waals surface area contributed by atoms with Gasteiger partial charge in [0, 0.05) is 4.88 Å². The molecule has 20 heavy (non-hydrogen) atoms. The van der Waals surface area contributed by atoms with Gasteiger partial charge in [-0.2, -0.15) is 0 Å². The molecule has 0 aliphatic heterocycles. The minimum absolute atomic E-state index is 0.214. The highest BCUT2D eigenvalue weighted by molar-refractivity contribution is 7.16. The minimum atomic E-state index is 0.214. The van der Waals surface area contributed by atoms with Gasteiger partial charge in [-0.1, -0.05) is 56.6 Å². The molecule has 0 bridgehead atoms. The van der Waals surface area contributed by atoms with Crippen LogP contribution in [-0.2, 0) is 5.41 Å². The molecule has 1 nitrogen and oxygen atoms in total. The Bertz CT molecular complexity index is 557. The molecule has 1 atom stereocenters. The molecule has 2 rings (SSSR count). The van der Waals surface area contributed by atoms with Crippen LogP contribution in [-0.4, -0.2) is 7.05 Å². The Balaban J connectivity index is 2.28. The summed E-state index contributed by atoms with van der Waals surface area (Å²) in [5.74, 6) is 0. The Morgan fingerprint density at radius 3 is 2.25 bits per heavy atom. The van der Waals surface area contributed by atoms with E-state index in [-0.39, 0.29) is 11.5 Å². The van der Waals surface area contributed by atoms with E-state index in [9.17, 15) is 0 Å². The molecule has 0 saturated carbocycles. The van der Waals surface area contributed by atoms with Crippen LogP contribution in [0.5, 0.6) is 0 Å². The molecule has 1 N–H and O–H groups in total. The van der Waals surface area contributed by atoms with Crippen molar-refractivity contribution in [1.29, 1.82) is 0 Å². The van der Waals surface area contributed by atoms with Gasteiger partial charge < -0.3 is 5.32 Å². The van der Waals surface area contributed by atoms with Gasteiger partial charge in [0.05, 0.1) is 10.4 Å². The minimum Gasteiger partial charge on any atom is -0.309 e. The molecule has 2 aromatic rings. The lowest BCUT2D eigenvalue weighted by molar-refractivity contribution is 0.506. The molecule has 0 saturated heterocycles. The van der Waals surface area contributed by atoms with Gasteiger partial charge in [0.15, 0.2) is 0 Å². The second kappa shape index (κ2) is 6.30. The van der Waals surface area contributed by atoms with E-state index < -0.39 is 0 Å². The van der Waals surface area contributed by atoms with E-state index in [1.807, 2.05) is 13.1 Å². The lowest BCUT2D eigenvalue weighted by Crippen LogP contribution is -2.18. The zero-order chi connectivity index (χ0) is 14.8. The lowest BCUT2D eigenvalue weighted by atomic mass is 9.82. The molecule has 1 aromatic carbocycles. The van der Waals surface area contributed by atoms with Crippen molar-refractivity contribution in [3.05, 3.63) is 56.7 Å². The molecule has 0 fully saturated rings. The smallest absolute Gasteiger partial charge is 0.0931 e. The normalized spacial score (nSPS) is 13.4. The average Bonchev–Trinajstić information content (AvgIpc) is 2.87. The SMILES string of the molecule is CCC(C)(C)c1ccc(C(NC)c2ccc(Cl)s2)cc1. The van der Waals surface area contributed by atoms with Crippen LogP contribution in [0.25, 0.3) is 0 Å². The molecule has 108 valence electrons. The summed E-state index contributed by atoms with van der Waals surface area (Å²) in [6.07, 6.45) is 1.14. The predicted molar refractivity (Wildman–Crippen MR) is 90.0 cm³/mol. The first-order valence-electron chi connectivity index (χ1n) is 7.01. The van der Waals surface area contributed by atoms with Gasteiger partial charge in [-0.15, -0.1) is 11.3 Å². The first-order valence-corrected chi connectivity index (χ1v) is 8.20. The lowest BCUT2D eigenvalue weighted by Gasteiger charge is -2.24. The van der Waals surface area contributed by atoms with Gasteiger partial charge in [0.25, 0.3) is 0 Å². The summed E-state index contributed by atoms with van der Waals surface area (Å²) in [4.78, 5) is 1.25. The molecule has 0 spiro atoms. The number of rotatable bonds is 5. The molecule has 0 amide bonds. The van der Waals surface area contributed by atoms with E-state index >= 15 is 0 Å². The van der Waals surface area contributed by atoms with E-state index in [1.165, 1.54) is 16.0 Å². The summed E-state index contributed by atoms with van der Waals surface area (Å²) < 4.78 is 0.837. The van der Waals surface area contributed by atoms with E-state index in [4.69, 9.17) is 11.6 Å². The molecule has 3 heteroatoms. The fourth-order valence-electron chi connectivity index (χ4n) is 2.29. The quantitative estimate of drug-likeness (QED) is 0.780. The van der Waals surface area contributed by atoms with Gasteiger partial charge in [0.2, 0.25) is 0 Å². The Morgan fingerprint density at radius 1 is 1.15 bits per heavy atom. The number of hydrogen-bond acceptors (Lipinski definition) is 2. The maximum Gasteiger partial charge on any atom is 0.0931 e. The van der Waals surface area contributed by atoms with Crippen LogP contribution in [0.1, 0.15) is 49.2 Å². The van der Waals surface area contributed by atoms with Crippen LogP contribution in [0.2, 0.25) is 4.34 Å². The standard InChI is InChI=1S/C17H22ClNS/c1-5-17(2,3)13-8-6-12(7-9-13)16(19-4)14-10-11-15(18)20-14/h6-11,16,19H,5H2,1-4H3. The first-order chi connectivity index (χ1) is 9.47. The first kappa shape index (κ1) is 15.6. The molecule has 0 aliphatic carbocycles. The summed E-state index contributed by atoms with van der Waals surface area (Å²) >= 11 is 7.68. The third-order valence-corrected chi connectivity index (χ3v) is 5.37. The van der Waals surface area contributed by atoms with Crippen molar-refractivity contribution in [1.82, 2.24) is 5.32 Å². The molecule has 0 aliphatic rings. The van der Waals surface area contributed by atoms with Gasteiger partial charge in [-0.3, -0.25) is 0 Å². The van der Waals surface area contributed by atoms with Gasteiger partial charge in [-0.05, 0) is 42.1 Å². The van der Waals surface area contributed by atoms with Gasteiger partial charge in [-0.25, -0.2) is 0 Å². The zero-order valence-corrected chi connectivity index (χ0v) is 14.1. The van der Waals surface area contributed by atoms with E-state index in [1.54, 1.807) is 11.3 Å². The van der Waals surface area contributed by atoms with Crippen molar-refractivity contribution in [3.63, 3.8) is 0 Å². The second-order valence-corrected chi connectivity index (χ2v) is 7.47. The number of halogens is 1. The van der Waals surface area contributed by atoms with E-state index in [0.717, 1.165) is 10.8 Å². The van der Waals surface area contributed by atoms with Crippen molar-refractivity contribution in [2.45, 2.75) is 38.6 Å². The Morgan fingerprint density at radius 2 is 1.80 bits per heavy atom. The number of thiophene rings is 1. The monoisotopic (exact) mass is 307 g/mol. The summed E-state index contributed by atoms with van der Waals surface area (Å²) in [6.45, 7) is 6.81. The second-order valence-electron chi connectivity index (χ2n) is 5.72. The number of nitrogens with one attached hydrogen (secondary N) is 1. The highest BCUT2D eigenvalue weighted by Crippen LogP contribution is 2.32. The highest BCUT2D eigenvalue weighted by Gasteiger charge is 2.19. The van der Waals surface area contributed by atoms with Crippen LogP contribution < -0.4 is 5.32 Å². The van der Waals surface area contributed by atoms with Crippen molar-refractivity contribution in [3.8, 4) is 0 Å². The van der Waals surface area contributed by atoms with Gasteiger partial charge in [0.1, 0.15) is 0 Å². The maximum absolute atomic E-state index is 6.04. The molecule has 1 unspecified atom stereocenters. The summed E-state index contributed by atoms with van der Waals surface area (Å²) in [7, 11) is 1.99.